The quantitative estimate of drug-likeness (QED) is 0.892. The SMILES string of the molecule is Cc1ccc(CN2CC(C)C(C(=O)O)C2)cc1C. The van der Waals surface area contributed by atoms with Gasteiger partial charge in [0.15, 0.2) is 0 Å². The minimum Gasteiger partial charge on any atom is -0.481 e. The summed E-state index contributed by atoms with van der Waals surface area (Å²) in [4.78, 5) is 13.3. The summed E-state index contributed by atoms with van der Waals surface area (Å²) in [6.45, 7) is 8.66. The molecule has 1 saturated heterocycles. The van der Waals surface area contributed by atoms with Crippen molar-refractivity contribution in [2.45, 2.75) is 27.3 Å². The fourth-order valence-electron chi connectivity index (χ4n) is 2.68. The first-order valence-electron chi connectivity index (χ1n) is 6.48. The molecule has 2 unspecified atom stereocenters. The number of carboxylic acids is 1. The van der Waals surface area contributed by atoms with E-state index in [1.807, 2.05) is 6.92 Å². The summed E-state index contributed by atoms with van der Waals surface area (Å²) in [5, 5.41) is 9.12. The van der Waals surface area contributed by atoms with Gasteiger partial charge in [-0.15, -0.1) is 0 Å². The van der Waals surface area contributed by atoms with Gasteiger partial charge in [0.25, 0.3) is 0 Å². The average Bonchev–Trinajstić information content (AvgIpc) is 2.65. The van der Waals surface area contributed by atoms with E-state index < -0.39 is 5.97 Å². The van der Waals surface area contributed by atoms with E-state index in [2.05, 4.69) is 36.9 Å². The van der Waals surface area contributed by atoms with Crippen molar-refractivity contribution in [1.29, 1.82) is 0 Å². The number of rotatable bonds is 3. The van der Waals surface area contributed by atoms with E-state index in [4.69, 9.17) is 5.11 Å². The molecule has 0 amide bonds. The Kier molecular flexibility index (Phi) is 3.71. The topological polar surface area (TPSA) is 40.5 Å². The second-order valence-electron chi connectivity index (χ2n) is 5.53. The number of hydrogen-bond donors (Lipinski definition) is 1. The van der Waals surface area contributed by atoms with Gasteiger partial charge in [0.05, 0.1) is 5.92 Å². The van der Waals surface area contributed by atoms with E-state index in [-0.39, 0.29) is 11.8 Å². The number of benzene rings is 1. The number of likely N-dealkylation sites (tertiary alicyclic amines) is 1. The molecule has 1 N–H and O–H groups in total. The third-order valence-electron chi connectivity index (χ3n) is 3.98. The van der Waals surface area contributed by atoms with Gasteiger partial charge in [0, 0.05) is 19.6 Å². The molecule has 3 nitrogen and oxygen atoms in total. The lowest BCUT2D eigenvalue weighted by Gasteiger charge is -2.16. The molecule has 1 aliphatic rings. The average molecular weight is 247 g/mol. The maximum atomic E-state index is 11.1. The Hall–Kier alpha value is -1.35. The van der Waals surface area contributed by atoms with Gasteiger partial charge in [-0.3, -0.25) is 9.69 Å². The van der Waals surface area contributed by atoms with Gasteiger partial charge in [-0.05, 0) is 36.5 Å². The van der Waals surface area contributed by atoms with Crippen molar-refractivity contribution in [2.24, 2.45) is 11.8 Å². The molecule has 3 heteroatoms. The number of hydrogen-bond acceptors (Lipinski definition) is 2. The molecule has 1 aromatic carbocycles. The second kappa shape index (κ2) is 5.11. The molecule has 18 heavy (non-hydrogen) atoms. The number of carboxylic acid groups (broad SMARTS) is 1. The summed E-state index contributed by atoms with van der Waals surface area (Å²) in [6, 6.07) is 6.48. The Balaban J connectivity index is 2.03. The van der Waals surface area contributed by atoms with Crippen molar-refractivity contribution in [2.75, 3.05) is 13.1 Å². The summed E-state index contributed by atoms with van der Waals surface area (Å²) in [7, 11) is 0. The molecule has 0 aliphatic carbocycles. The largest absolute Gasteiger partial charge is 0.481 e. The van der Waals surface area contributed by atoms with Crippen LogP contribution in [0.2, 0.25) is 0 Å². The smallest absolute Gasteiger partial charge is 0.308 e. The standard InChI is InChI=1S/C15H21NO2/c1-10-4-5-13(6-11(10)2)8-16-7-12(3)14(9-16)15(17)18/h4-6,12,14H,7-9H2,1-3H3,(H,17,18). The molecule has 2 atom stereocenters. The van der Waals surface area contributed by atoms with Crippen LogP contribution in [0.25, 0.3) is 0 Å². The highest BCUT2D eigenvalue weighted by atomic mass is 16.4. The number of nitrogens with zero attached hydrogens (tertiary/aromatic N) is 1. The van der Waals surface area contributed by atoms with Crippen molar-refractivity contribution in [3.63, 3.8) is 0 Å². The van der Waals surface area contributed by atoms with Crippen LogP contribution >= 0.6 is 0 Å². The predicted molar refractivity (Wildman–Crippen MR) is 71.5 cm³/mol. The van der Waals surface area contributed by atoms with E-state index in [0.717, 1.165) is 13.1 Å². The highest BCUT2D eigenvalue weighted by molar-refractivity contribution is 5.71. The third kappa shape index (κ3) is 2.72. The lowest BCUT2D eigenvalue weighted by Crippen LogP contribution is -2.23. The normalized spacial score (nSPS) is 24.4. The minimum absolute atomic E-state index is 0.212. The lowest BCUT2D eigenvalue weighted by atomic mass is 9.99. The molecule has 1 heterocycles. The van der Waals surface area contributed by atoms with Crippen LogP contribution in [0.1, 0.15) is 23.6 Å². The predicted octanol–water partition coefficient (Wildman–Crippen LogP) is 2.46. The fourth-order valence-corrected chi connectivity index (χ4v) is 2.68. The lowest BCUT2D eigenvalue weighted by molar-refractivity contribution is -0.142. The molecular formula is C15H21NO2. The zero-order valence-electron chi connectivity index (χ0n) is 11.3. The fraction of sp³-hybridized carbons (Fsp3) is 0.533. The molecule has 0 radical (unpaired) electrons. The molecule has 0 aromatic heterocycles. The van der Waals surface area contributed by atoms with Gasteiger partial charge in [-0.1, -0.05) is 25.1 Å². The van der Waals surface area contributed by atoms with Crippen molar-refractivity contribution in [3.8, 4) is 0 Å². The number of aryl methyl sites for hydroxylation is 2. The molecule has 1 aliphatic heterocycles. The van der Waals surface area contributed by atoms with E-state index in [0.29, 0.717) is 6.54 Å². The monoisotopic (exact) mass is 247 g/mol. The minimum atomic E-state index is -0.662. The van der Waals surface area contributed by atoms with Crippen LogP contribution in [0.5, 0.6) is 0 Å². The van der Waals surface area contributed by atoms with E-state index in [9.17, 15) is 4.79 Å². The van der Waals surface area contributed by atoms with Gasteiger partial charge in [-0.25, -0.2) is 0 Å². The van der Waals surface area contributed by atoms with E-state index in [1.165, 1.54) is 16.7 Å². The summed E-state index contributed by atoms with van der Waals surface area (Å²) in [6.07, 6.45) is 0. The van der Waals surface area contributed by atoms with Crippen LogP contribution in [0.4, 0.5) is 0 Å². The Morgan fingerprint density at radius 2 is 2.06 bits per heavy atom. The Morgan fingerprint density at radius 3 is 2.61 bits per heavy atom. The van der Waals surface area contributed by atoms with Crippen LogP contribution in [0.3, 0.4) is 0 Å². The Morgan fingerprint density at radius 1 is 1.33 bits per heavy atom. The number of carbonyl (C=O) groups is 1. The van der Waals surface area contributed by atoms with Crippen LogP contribution < -0.4 is 0 Å². The van der Waals surface area contributed by atoms with Crippen molar-refractivity contribution in [3.05, 3.63) is 34.9 Å². The molecule has 1 aromatic rings. The summed E-state index contributed by atoms with van der Waals surface area (Å²) in [5.41, 5.74) is 3.88. The van der Waals surface area contributed by atoms with Crippen molar-refractivity contribution >= 4 is 5.97 Å². The highest BCUT2D eigenvalue weighted by Gasteiger charge is 2.34. The Labute approximate surface area is 108 Å². The molecular weight excluding hydrogens is 226 g/mol. The molecule has 2 rings (SSSR count). The summed E-state index contributed by atoms with van der Waals surface area (Å²) in [5.74, 6) is -0.629. The first-order valence-corrected chi connectivity index (χ1v) is 6.48. The zero-order chi connectivity index (χ0) is 13.3. The second-order valence-corrected chi connectivity index (χ2v) is 5.53. The Bertz CT molecular complexity index is 456. The summed E-state index contributed by atoms with van der Waals surface area (Å²) < 4.78 is 0. The first-order chi connectivity index (χ1) is 8.47. The van der Waals surface area contributed by atoms with Gasteiger partial charge in [0.2, 0.25) is 0 Å². The highest BCUT2D eigenvalue weighted by Crippen LogP contribution is 2.25. The van der Waals surface area contributed by atoms with Crippen LogP contribution in [-0.2, 0) is 11.3 Å². The number of aliphatic carboxylic acids is 1. The molecule has 0 bridgehead atoms. The van der Waals surface area contributed by atoms with Gasteiger partial charge < -0.3 is 5.11 Å². The molecule has 98 valence electrons. The van der Waals surface area contributed by atoms with Crippen LogP contribution in [-0.4, -0.2) is 29.1 Å². The summed E-state index contributed by atoms with van der Waals surface area (Å²) >= 11 is 0. The molecule has 0 spiro atoms. The van der Waals surface area contributed by atoms with Gasteiger partial charge >= 0.3 is 5.97 Å². The molecule has 1 fully saturated rings. The zero-order valence-corrected chi connectivity index (χ0v) is 11.3. The van der Waals surface area contributed by atoms with E-state index in [1.54, 1.807) is 0 Å². The third-order valence-corrected chi connectivity index (χ3v) is 3.98. The first kappa shape index (κ1) is 13.1. The van der Waals surface area contributed by atoms with Gasteiger partial charge in [-0.2, -0.15) is 0 Å². The van der Waals surface area contributed by atoms with Crippen LogP contribution in [0, 0.1) is 25.7 Å². The van der Waals surface area contributed by atoms with E-state index >= 15 is 0 Å². The maximum absolute atomic E-state index is 11.1. The van der Waals surface area contributed by atoms with Crippen LogP contribution in [0.15, 0.2) is 18.2 Å². The van der Waals surface area contributed by atoms with Crippen molar-refractivity contribution in [1.82, 2.24) is 4.90 Å². The van der Waals surface area contributed by atoms with Gasteiger partial charge in [0.1, 0.15) is 0 Å². The molecule has 0 saturated carbocycles. The maximum Gasteiger partial charge on any atom is 0.308 e. The van der Waals surface area contributed by atoms with Crippen molar-refractivity contribution < 1.29 is 9.90 Å².